The Morgan fingerprint density at radius 2 is 1.29 bits per heavy atom. The summed E-state index contributed by atoms with van der Waals surface area (Å²) in [4.78, 5) is 22.9. The highest BCUT2D eigenvalue weighted by Gasteiger charge is 2.26. The lowest BCUT2D eigenvalue weighted by Crippen LogP contribution is -2.54. The van der Waals surface area contributed by atoms with E-state index < -0.39 is 0 Å². The van der Waals surface area contributed by atoms with Crippen LogP contribution in [-0.4, -0.2) is 46.4 Å². The van der Waals surface area contributed by atoms with E-state index in [-0.39, 0.29) is 23.3 Å². The van der Waals surface area contributed by atoms with Gasteiger partial charge in [-0.1, -0.05) is 0 Å². The molecule has 1 heterocycles. The van der Waals surface area contributed by atoms with Gasteiger partial charge in [0, 0.05) is 13.1 Å². The number of rotatable bonds is 2. The molecule has 0 aliphatic carbocycles. The summed E-state index contributed by atoms with van der Waals surface area (Å²) in [5, 5.41) is 2.96. The maximum atomic E-state index is 11.4. The van der Waals surface area contributed by atoms with Crippen molar-refractivity contribution >= 4 is 37.1 Å². The fourth-order valence-corrected chi connectivity index (χ4v) is 1.77. The maximum Gasteiger partial charge on any atom is 0.250 e. The second-order valence-electron chi connectivity index (χ2n) is 3.06. The Hall–Kier alpha value is -0.360. The average molecular weight is 234 g/mol. The molecular formula is C8H14N2O2S2. The molecule has 0 spiro atoms. The van der Waals surface area contributed by atoms with Crippen LogP contribution in [0.25, 0.3) is 0 Å². The van der Waals surface area contributed by atoms with Crippen molar-refractivity contribution in [3.63, 3.8) is 0 Å². The van der Waals surface area contributed by atoms with E-state index >= 15 is 0 Å². The van der Waals surface area contributed by atoms with Crippen LogP contribution >= 0.6 is 25.3 Å². The summed E-state index contributed by atoms with van der Waals surface area (Å²) in [7, 11) is 0. The van der Waals surface area contributed by atoms with Crippen LogP contribution in [0, 0.1) is 0 Å². The first-order valence-corrected chi connectivity index (χ1v) is 5.79. The Kier molecular flexibility index (Phi) is 4.60. The third-order valence-corrected chi connectivity index (χ3v) is 2.67. The number of hydrogen-bond donors (Lipinski definition) is 2. The molecule has 0 radical (unpaired) electrons. The van der Waals surface area contributed by atoms with Crippen molar-refractivity contribution in [3.05, 3.63) is 0 Å². The first kappa shape index (κ1) is 11.7. The van der Waals surface area contributed by atoms with Gasteiger partial charge in [0.05, 0.1) is 11.5 Å². The van der Waals surface area contributed by atoms with Crippen LogP contribution in [0.2, 0.25) is 0 Å². The van der Waals surface area contributed by atoms with Gasteiger partial charge in [0.1, 0.15) is 0 Å². The molecule has 80 valence electrons. The molecular weight excluding hydrogens is 220 g/mol. The number of carbonyl (C=O) groups excluding carboxylic acids is 2. The predicted molar refractivity (Wildman–Crippen MR) is 60.4 cm³/mol. The van der Waals surface area contributed by atoms with E-state index in [2.05, 4.69) is 25.3 Å². The van der Waals surface area contributed by atoms with Gasteiger partial charge in [-0.25, -0.2) is 0 Å². The summed E-state index contributed by atoms with van der Waals surface area (Å²) in [6.07, 6.45) is 1.88. The highest BCUT2D eigenvalue weighted by atomic mass is 32.1. The average Bonchev–Trinajstić information content (AvgIpc) is 2.27. The van der Waals surface area contributed by atoms with Gasteiger partial charge in [0.2, 0.25) is 0 Å². The van der Waals surface area contributed by atoms with E-state index in [1.807, 2.05) is 0 Å². The van der Waals surface area contributed by atoms with Gasteiger partial charge in [-0.15, -0.1) is 0 Å². The fourth-order valence-electron chi connectivity index (χ4n) is 1.45. The van der Waals surface area contributed by atoms with Crippen molar-refractivity contribution in [2.24, 2.45) is 0 Å². The van der Waals surface area contributed by atoms with Crippen molar-refractivity contribution < 1.29 is 9.59 Å². The monoisotopic (exact) mass is 234 g/mol. The lowest BCUT2D eigenvalue weighted by molar-refractivity contribution is -0.164. The molecule has 0 aromatic carbocycles. The van der Waals surface area contributed by atoms with Gasteiger partial charge in [-0.05, 0) is 12.8 Å². The fraction of sp³-hybridized carbons (Fsp3) is 0.750. The Balaban J connectivity index is 2.68. The number of amides is 2. The van der Waals surface area contributed by atoms with Gasteiger partial charge in [0.25, 0.3) is 11.8 Å². The Bertz CT molecular complexity index is 211. The molecule has 1 fully saturated rings. The molecule has 0 unspecified atom stereocenters. The molecule has 0 bridgehead atoms. The number of thiol groups is 2. The van der Waals surface area contributed by atoms with Crippen molar-refractivity contribution in [3.8, 4) is 0 Å². The van der Waals surface area contributed by atoms with E-state index in [1.54, 1.807) is 0 Å². The minimum absolute atomic E-state index is 0.122. The van der Waals surface area contributed by atoms with Crippen molar-refractivity contribution in [2.45, 2.75) is 12.8 Å². The molecule has 1 saturated heterocycles. The maximum absolute atomic E-state index is 11.4. The third-order valence-electron chi connectivity index (χ3n) is 2.13. The molecule has 0 aromatic heterocycles. The molecule has 0 aromatic rings. The highest BCUT2D eigenvalue weighted by molar-refractivity contribution is 7.81. The lowest BCUT2D eigenvalue weighted by Gasteiger charge is -2.38. The number of hydrazine groups is 1. The minimum atomic E-state index is -0.122. The van der Waals surface area contributed by atoms with Gasteiger partial charge < -0.3 is 0 Å². The molecule has 2 amide bonds. The summed E-state index contributed by atoms with van der Waals surface area (Å²) < 4.78 is 0. The van der Waals surface area contributed by atoms with Crippen LogP contribution in [-0.2, 0) is 9.59 Å². The van der Waals surface area contributed by atoms with Crippen molar-refractivity contribution in [1.82, 2.24) is 10.0 Å². The van der Waals surface area contributed by atoms with E-state index in [4.69, 9.17) is 0 Å². The van der Waals surface area contributed by atoms with Crippen molar-refractivity contribution in [2.75, 3.05) is 24.6 Å². The quantitative estimate of drug-likeness (QED) is 0.671. The van der Waals surface area contributed by atoms with Crippen LogP contribution in [0.1, 0.15) is 12.8 Å². The molecule has 1 aliphatic rings. The molecule has 0 N–H and O–H groups in total. The lowest BCUT2D eigenvalue weighted by atomic mass is 10.2. The largest absolute Gasteiger partial charge is 0.272 e. The second-order valence-corrected chi connectivity index (χ2v) is 3.69. The van der Waals surface area contributed by atoms with Crippen LogP contribution in [0.15, 0.2) is 0 Å². The van der Waals surface area contributed by atoms with Gasteiger partial charge in [-0.3, -0.25) is 19.6 Å². The first-order valence-electron chi connectivity index (χ1n) is 4.53. The molecule has 0 saturated carbocycles. The van der Waals surface area contributed by atoms with Gasteiger partial charge >= 0.3 is 0 Å². The summed E-state index contributed by atoms with van der Waals surface area (Å²) >= 11 is 7.83. The first-order chi connectivity index (χ1) is 6.70. The summed E-state index contributed by atoms with van der Waals surface area (Å²) in [5.74, 6) is 0.0264. The third kappa shape index (κ3) is 2.57. The minimum Gasteiger partial charge on any atom is -0.272 e. The second kappa shape index (κ2) is 5.50. The summed E-state index contributed by atoms with van der Waals surface area (Å²) in [5.41, 5.74) is 0. The predicted octanol–water partition coefficient (Wildman–Crippen LogP) is 0.212. The van der Waals surface area contributed by atoms with Crippen LogP contribution in [0.3, 0.4) is 0 Å². The molecule has 6 heteroatoms. The standard InChI is InChI=1S/C8H14N2O2S2/c11-7(5-13)9-3-1-2-4-10(9)8(12)6-14/h13-14H,1-6H2. The molecule has 1 aliphatic heterocycles. The van der Waals surface area contributed by atoms with E-state index in [1.165, 1.54) is 10.0 Å². The highest BCUT2D eigenvalue weighted by Crippen LogP contribution is 2.12. The smallest absolute Gasteiger partial charge is 0.250 e. The van der Waals surface area contributed by atoms with Crippen LogP contribution < -0.4 is 0 Å². The van der Waals surface area contributed by atoms with Crippen LogP contribution in [0.4, 0.5) is 0 Å². The number of carbonyl (C=O) groups is 2. The van der Waals surface area contributed by atoms with E-state index in [9.17, 15) is 9.59 Å². The Labute approximate surface area is 94.4 Å². The topological polar surface area (TPSA) is 40.6 Å². The Morgan fingerprint density at radius 3 is 1.57 bits per heavy atom. The zero-order valence-corrected chi connectivity index (χ0v) is 9.64. The molecule has 14 heavy (non-hydrogen) atoms. The van der Waals surface area contributed by atoms with E-state index in [0.29, 0.717) is 13.1 Å². The van der Waals surface area contributed by atoms with Gasteiger partial charge in [0.15, 0.2) is 0 Å². The summed E-state index contributed by atoms with van der Waals surface area (Å²) in [6.45, 7) is 1.22. The van der Waals surface area contributed by atoms with Crippen LogP contribution in [0.5, 0.6) is 0 Å². The molecule has 4 nitrogen and oxygen atoms in total. The Morgan fingerprint density at radius 1 is 0.929 bits per heavy atom. The number of hydrogen-bond acceptors (Lipinski definition) is 4. The van der Waals surface area contributed by atoms with Crippen molar-refractivity contribution in [1.29, 1.82) is 0 Å². The molecule has 1 rings (SSSR count). The summed E-state index contributed by atoms with van der Waals surface area (Å²) in [6, 6.07) is 0. The SMILES string of the molecule is O=C(CS)N1CCCCN1C(=O)CS. The zero-order chi connectivity index (χ0) is 10.6. The normalized spacial score (nSPS) is 17.0. The zero-order valence-electron chi connectivity index (χ0n) is 7.85. The van der Waals surface area contributed by atoms with E-state index in [0.717, 1.165) is 12.8 Å². The number of nitrogens with zero attached hydrogens (tertiary/aromatic N) is 2. The molecule has 0 atom stereocenters. The van der Waals surface area contributed by atoms with Gasteiger partial charge in [-0.2, -0.15) is 25.3 Å².